The number of hydrogen-bond donors (Lipinski definition) is 1. The number of amides is 1. The quantitative estimate of drug-likeness (QED) is 0.604. The topological polar surface area (TPSA) is 59.2 Å². The maximum atomic E-state index is 13.5. The minimum Gasteiger partial charge on any atom is -0.338 e. The molecule has 2 N–H and O–H groups in total. The van der Waals surface area contributed by atoms with E-state index in [2.05, 4.69) is 32.9 Å². The highest BCUT2D eigenvalue weighted by Crippen LogP contribution is 2.32. The summed E-state index contributed by atoms with van der Waals surface area (Å²) in [4.78, 5) is 20.3. The van der Waals surface area contributed by atoms with Gasteiger partial charge in [-0.05, 0) is 61.6 Å². The van der Waals surface area contributed by atoms with Gasteiger partial charge in [-0.2, -0.15) is 0 Å². The summed E-state index contributed by atoms with van der Waals surface area (Å²) in [7, 11) is 0. The van der Waals surface area contributed by atoms with Gasteiger partial charge in [-0.15, -0.1) is 24.8 Å². The summed E-state index contributed by atoms with van der Waals surface area (Å²) in [6.45, 7) is 8.38. The summed E-state index contributed by atoms with van der Waals surface area (Å²) in [5.41, 5.74) is 11.8. The van der Waals surface area contributed by atoms with Crippen LogP contribution in [-0.2, 0) is 0 Å². The van der Waals surface area contributed by atoms with Gasteiger partial charge < -0.3 is 10.6 Å². The molecule has 1 aliphatic rings. The summed E-state index contributed by atoms with van der Waals surface area (Å²) >= 11 is 0. The molecule has 0 saturated carbocycles. The third-order valence-corrected chi connectivity index (χ3v) is 6.06. The second-order valence-electron chi connectivity index (χ2n) is 8.37. The first kappa shape index (κ1) is 24.1. The van der Waals surface area contributed by atoms with E-state index in [1.54, 1.807) is 0 Å². The highest BCUT2D eigenvalue weighted by Gasteiger charge is 2.35. The molecule has 2 heterocycles. The zero-order valence-corrected chi connectivity index (χ0v) is 19.3. The summed E-state index contributed by atoms with van der Waals surface area (Å²) in [6.07, 6.45) is 0.946. The molecule has 1 unspecified atom stereocenters. The molecule has 1 amide bonds. The number of hydrogen-bond acceptors (Lipinski definition) is 3. The van der Waals surface area contributed by atoms with E-state index in [1.165, 1.54) is 11.1 Å². The minimum atomic E-state index is 0. The van der Waals surface area contributed by atoms with Gasteiger partial charge in [0, 0.05) is 24.0 Å². The molecule has 4 nitrogen and oxygen atoms in total. The van der Waals surface area contributed by atoms with Crippen molar-refractivity contribution < 1.29 is 4.79 Å². The van der Waals surface area contributed by atoms with E-state index in [4.69, 9.17) is 10.7 Å². The summed E-state index contributed by atoms with van der Waals surface area (Å²) < 4.78 is 0. The van der Waals surface area contributed by atoms with Gasteiger partial charge in [0.05, 0.1) is 16.8 Å². The Morgan fingerprint density at radius 2 is 1.77 bits per heavy atom. The predicted molar refractivity (Wildman–Crippen MR) is 129 cm³/mol. The Kier molecular flexibility index (Phi) is 7.51. The number of rotatable bonds is 3. The Morgan fingerprint density at radius 3 is 2.40 bits per heavy atom. The molecule has 1 aromatic heterocycles. The lowest BCUT2D eigenvalue weighted by molar-refractivity contribution is 0.0779. The van der Waals surface area contributed by atoms with Crippen molar-refractivity contribution in [2.45, 2.75) is 27.2 Å². The Bertz CT molecular complexity index is 1060. The second-order valence-corrected chi connectivity index (χ2v) is 8.37. The number of halogens is 2. The predicted octanol–water partition coefficient (Wildman–Crippen LogP) is 5.17. The molecule has 30 heavy (non-hydrogen) atoms. The molecule has 4 rings (SSSR count). The number of carbonyl (C=O) groups excluding carboxylic acids is 1. The van der Waals surface area contributed by atoms with Gasteiger partial charge in [-0.3, -0.25) is 4.79 Å². The van der Waals surface area contributed by atoms with Crippen LogP contribution in [0.5, 0.6) is 0 Å². The van der Waals surface area contributed by atoms with Crippen LogP contribution in [0.25, 0.3) is 22.2 Å². The summed E-state index contributed by atoms with van der Waals surface area (Å²) in [6, 6.07) is 16.2. The van der Waals surface area contributed by atoms with Gasteiger partial charge in [-0.1, -0.05) is 37.3 Å². The monoisotopic (exact) mass is 445 g/mol. The average molecular weight is 446 g/mol. The van der Waals surface area contributed by atoms with Gasteiger partial charge in [0.25, 0.3) is 5.91 Å². The Labute approximate surface area is 190 Å². The average Bonchev–Trinajstić information content (AvgIpc) is 3.11. The summed E-state index contributed by atoms with van der Waals surface area (Å²) in [5, 5.41) is 0.925. The molecule has 1 saturated heterocycles. The standard InChI is InChI=1S/C24H27N3O.2ClH/c1-16-11-19-20(23(28)27-10-9-24(3,14-25)15-27)13-21(18-7-5-4-6-8-18)26-22(19)12-17(16)2;;/h4-8,11-13H,9-10,14-15,25H2,1-3H3;2*1H. The molecule has 6 heteroatoms. The first-order chi connectivity index (χ1) is 13.4. The smallest absolute Gasteiger partial charge is 0.254 e. The second kappa shape index (κ2) is 9.34. The van der Waals surface area contributed by atoms with E-state index in [-0.39, 0.29) is 36.1 Å². The van der Waals surface area contributed by atoms with E-state index in [9.17, 15) is 4.79 Å². The SMILES string of the molecule is Cc1cc2nc(-c3ccccc3)cc(C(=O)N3CCC(C)(CN)C3)c2cc1C.Cl.Cl. The van der Waals surface area contributed by atoms with Crippen LogP contribution in [0.4, 0.5) is 0 Å². The van der Waals surface area contributed by atoms with E-state index in [0.717, 1.165) is 40.7 Å². The van der Waals surface area contributed by atoms with Crippen molar-refractivity contribution in [3.05, 3.63) is 65.2 Å². The van der Waals surface area contributed by atoms with Gasteiger partial charge in [0.2, 0.25) is 0 Å². The van der Waals surface area contributed by atoms with Crippen LogP contribution in [0.15, 0.2) is 48.5 Å². The largest absolute Gasteiger partial charge is 0.338 e. The van der Waals surface area contributed by atoms with Gasteiger partial charge in [0.1, 0.15) is 0 Å². The molecule has 1 aliphatic heterocycles. The van der Waals surface area contributed by atoms with Crippen molar-refractivity contribution in [2.75, 3.05) is 19.6 Å². The van der Waals surface area contributed by atoms with Crippen molar-refractivity contribution in [3.8, 4) is 11.3 Å². The number of fused-ring (bicyclic) bond motifs is 1. The van der Waals surface area contributed by atoms with Crippen LogP contribution in [0.1, 0.15) is 34.8 Å². The lowest BCUT2D eigenvalue weighted by Gasteiger charge is -2.23. The highest BCUT2D eigenvalue weighted by molar-refractivity contribution is 6.07. The molecule has 0 spiro atoms. The number of benzene rings is 2. The zero-order valence-electron chi connectivity index (χ0n) is 17.6. The lowest BCUT2D eigenvalue weighted by Crippen LogP contribution is -2.34. The van der Waals surface area contributed by atoms with Gasteiger partial charge in [0.15, 0.2) is 0 Å². The Balaban J connectivity index is 0.00000160. The number of nitrogens with two attached hydrogens (primary N) is 1. The molecule has 3 aromatic rings. The number of carbonyl (C=O) groups is 1. The number of aromatic nitrogens is 1. The van der Waals surface area contributed by atoms with Crippen molar-refractivity contribution in [1.82, 2.24) is 9.88 Å². The Morgan fingerprint density at radius 1 is 1.10 bits per heavy atom. The molecule has 2 aromatic carbocycles. The van der Waals surface area contributed by atoms with Crippen molar-refractivity contribution >= 4 is 41.6 Å². The molecule has 160 valence electrons. The van der Waals surface area contributed by atoms with Crippen LogP contribution in [0, 0.1) is 19.3 Å². The number of pyridine rings is 1. The lowest BCUT2D eigenvalue weighted by atomic mass is 9.90. The van der Waals surface area contributed by atoms with Crippen molar-refractivity contribution in [3.63, 3.8) is 0 Å². The summed E-state index contributed by atoms with van der Waals surface area (Å²) in [5.74, 6) is 0.0741. The van der Waals surface area contributed by atoms with Crippen LogP contribution < -0.4 is 5.73 Å². The maximum absolute atomic E-state index is 13.5. The van der Waals surface area contributed by atoms with Crippen LogP contribution >= 0.6 is 24.8 Å². The number of likely N-dealkylation sites (tertiary alicyclic amines) is 1. The number of aryl methyl sites for hydroxylation is 2. The molecular formula is C24H29Cl2N3O. The van der Waals surface area contributed by atoms with Gasteiger partial charge in [-0.25, -0.2) is 4.98 Å². The fourth-order valence-electron chi connectivity index (χ4n) is 3.95. The fourth-order valence-corrected chi connectivity index (χ4v) is 3.95. The first-order valence-corrected chi connectivity index (χ1v) is 9.87. The molecule has 0 radical (unpaired) electrons. The zero-order chi connectivity index (χ0) is 19.9. The first-order valence-electron chi connectivity index (χ1n) is 9.87. The van der Waals surface area contributed by atoms with E-state index in [0.29, 0.717) is 13.1 Å². The molecule has 1 atom stereocenters. The van der Waals surface area contributed by atoms with E-state index < -0.39 is 0 Å². The minimum absolute atomic E-state index is 0. The van der Waals surface area contributed by atoms with Crippen LogP contribution in [-0.4, -0.2) is 35.4 Å². The van der Waals surface area contributed by atoms with Crippen LogP contribution in [0.2, 0.25) is 0 Å². The Hall–Kier alpha value is -2.14. The molecular weight excluding hydrogens is 417 g/mol. The van der Waals surface area contributed by atoms with Crippen molar-refractivity contribution in [1.29, 1.82) is 0 Å². The third kappa shape index (κ3) is 4.46. The van der Waals surface area contributed by atoms with Crippen LogP contribution in [0.3, 0.4) is 0 Å². The molecule has 0 bridgehead atoms. The number of nitrogens with zero attached hydrogens (tertiary/aromatic N) is 2. The van der Waals surface area contributed by atoms with Crippen molar-refractivity contribution in [2.24, 2.45) is 11.1 Å². The van der Waals surface area contributed by atoms with Gasteiger partial charge >= 0.3 is 0 Å². The highest BCUT2D eigenvalue weighted by atomic mass is 35.5. The maximum Gasteiger partial charge on any atom is 0.254 e. The van der Waals surface area contributed by atoms with E-state index in [1.807, 2.05) is 41.3 Å². The fraction of sp³-hybridized carbons (Fsp3) is 0.333. The van der Waals surface area contributed by atoms with E-state index >= 15 is 0 Å². The normalized spacial score (nSPS) is 18.1. The molecule has 1 fully saturated rings. The molecule has 0 aliphatic carbocycles. The third-order valence-electron chi connectivity index (χ3n) is 6.06.